The number of ether oxygens (including phenoxy) is 1. The molecule has 2 heterocycles. The highest BCUT2D eigenvalue weighted by molar-refractivity contribution is 7.10. The number of nitrogens with one attached hydrogen (secondary N) is 1. The van der Waals surface area contributed by atoms with Crippen LogP contribution in [0.4, 0.5) is 5.13 Å². The topological polar surface area (TPSA) is 94.8 Å². The molecule has 0 saturated heterocycles. The van der Waals surface area contributed by atoms with Gasteiger partial charge in [-0.2, -0.15) is 9.36 Å². The molecule has 30 heavy (non-hydrogen) atoms. The third kappa shape index (κ3) is 3.89. The average molecular weight is 441 g/mol. The number of carbonyl (C=O) groups is 1. The Morgan fingerprint density at radius 3 is 2.63 bits per heavy atom. The molecule has 0 aliphatic heterocycles. The summed E-state index contributed by atoms with van der Waals surface area (Å²) in [6.07, 6.45) is 0. The summed E-state index contributed by atoms with van der Waals surface area (Å²) in [6.45, 7) is 3.81. The number of rotatable bonds is 5. The molecule has 152 valence electrons. The van der Waals surface area contributed by atoms with Crippen LogP contribution in [0.1, 0.15) is 21.6 Å². The number of carbonyl (C=O) groups excluding carboxylic acids is 1. The molecule has 2 aromatic carbocycles. The van der Waals surface area contributed by atoms with Crippen LogP contribution in [0.2, 0.25) is 5.02 Å². The van der Waals surface area contributed by atoms with Crippen molar-refractivity contribution in [2.45, 2.75) is 13.8 Å². The van der Waals surface area contributed by atoms with Crippen LogP contribution < -0.4 is 10.1 Å². The predicted molar refractivity (Wildman–Crippen MR) is 116 cm³/mol. The fraction of sp³-hybridized carbons (Fsp3) is 0.150. The van der Waals surface area contributed by atoms with Crippen LogP contribution in [0.25, 0.3) is 17.2 Å². The van der Waals surface area contributed by atoms with Crippen molar-refractivity contribution >= 4 is 34.2 Å². The van der Waals surface area contributed by atoms with Crippen LogP contribution in [-0.2, 0) is 0 Å². The van der Waals surface area contributed by atoms with Crippen molar-refractivity contribution in [3.63, 3.8) is 0 Å². The van der Waals surface area contributed by atoms with Crippen LogP contribution >= 0.6 is 23.1 Å². The van der Waals surface area contributed by atoms with Crippen LogP contribution in [0.3, 0.4) is 0 Å². The van der Waals surface area contributed by atoms with E-state index in [-0.39, 0.29) is 5.91 Å². The second-order valence-corrected chi connectivity index (χ2v) is 7.63. The molecule has 0 aliphatic rings. The quantitative estimate of drug-likeness (QED) is 0.496. The number of aryl methyl sites for hydroxylation is 1. The van der Waals surface area contributed by atoms with Gasteiger partial charge in [-0.1, -0.05) is 22.9 Å². The number of amides is 1. The minimum Gasteiger partial charge on any atom is -0.497 e. The molecular weight excluding hydrogens is 424 g/mol. The lowest BCUT2D eigenvalue weighted by atomic mass is 10.2. The molecule has 0 atom stereocenters. The number of hydrogen-bond acceptors (Lipinski definition) is 7. The number of hydrogen-bond donors (Lipinski definition) is 1. The minimum atomic E-state index is -0.282. The van der Waals surface area contributed by atoms with Gasteiger partial charge in [0.15, 0.2) is 11.5 Å². The lowest BCUT2D eigenvalue weighted by molar-refractivity contribution is 0.102. The fourth-order valence-electron chi connectivity index (χ4n) is 2.78. The SMILES string of the molecule is COc1ccc(C(=O)Nc2nc(-c3nnn(-c4ccc(C)c(Cl)c4)c3C)ns2)cc1. The van der Waals surface area contributed by atoms with Crippen LogP contribution in [0.15, 0.2) is 42.5 Å². The molecule has 0 spiro atoms. The van der Waals surface area contributed by atoms with E-state index < -0.39 is 0 Å². The lowest BCUT2D eigenvalue weighted by Gasteiger charge is -2.05. The number of methoxy groups -OCH3 is 1. The first-order chi connectivity index (χ1) is 14.5. The van der Waals surface area contributed by atoms with Crippen molar-refractivity contribution in [1.82, 2.24) is 24.4 Å². The van der Waals surface area contributed by atoms with Crippen molar-refractivity contribution in [2.75, 3.05) is 12.4 Å². The number of aromatic nitrogens is 5. The molecule has 0 saturated carbocycles. The standard InChI is InChI=1S/C20H17ClN6O2S/c1-11-4-7-14(10-16(11)21)27-12(2)17(24-26-27)18-22-20(30-25-18)23-19(28)13-5-8-15(29-3)9-6-13/h4-10H,1-3H3,(H,22,23,25,28). The van der Waals surface area contributed by atoms with E-state index >= 15 is 0 Å². The first kappa shape index (κ1) is 20.0. The van der Waals surface area contributed by atoms with E-state index in [0.717, 1.165) is 28.5 Å². The molecular formula is C20H17ClN6O2S. The summed E-state index contributed by atoms with van der Waals surface area (Å²) in [7, 11) is 1.57. The normalized spacial score (nSPS) is 10.8. The van der Waals surface area contributed by atoms with Gasteiger partial charge in [-0.05, 0) is 55.8 Å². The second-order valence-electron chi connectivity index (χ2n) is 6.47. The molecule has 0 aliphatic carbocycles. The van der Waals surface area contributed by atoms with Gasteiger partial charge in [0.25, 0.3) is 5.91 Å². The Balaban J connectivity index is 1.54. The Morgan fingerprint density at radius 2 is 1.93 bits per heavy atom. The molecule has 2 aromatic heterocycles. The number of halogens is 1. The van der Waals surface area contributed by atoms with E-state index in [4.69, 9.17) is 16.3 Å². The first-order valence-electron chi connectivity index (χ1n) is 8.94. The van der Waals surface area contributed by atoms with Crippen LogP contribution in [-0.4, -0.2) is 37.4 Å². The van der Waals surface area contributed by atoms with E-state index in [1.807, 2.05) is 32.0 Å². The van der Waals surface area contributed by atoms with Gasteiger partial charge in [-0.3, -0.25) is 10.1 Å². The zero-order valence-electron chi connectivity index (χ0n) is 16.4. The van der Waals surface area contributed by atoms with Crippen molar-refractivity contribution in [3.8, 4) is 23.0 Å². The van der Waals surface area contributed by atoms with Crippen molar-refractivity contribution in [2.24, 2.45) is 0 Å². The smallest absolute Gasteiger partial charge is 0.257 e. The number of nitrogens with zero attached hydrogens (tertiary/aromatic N) is 5. The zero-order valence-corrected chi connectivity index (χ0v) is 18.0. The van der Waals surface area contributed by atoms with E-state index in [9.17, 15) is 4.79 Å². The molecule has 10 heteroatoms. The molecule has 8 nitrogen and oxygen atoms in total. The lowest BCUT2D eigenvalue weighted by Crippen LogP contribution is -2.11. The molecule has 4 rings (SSSR count). The Kier molecular flexibility index (Phi) is 5.47. The van der Waals surface area contributed by atoms with Crippen molar-refractivity contribution in [1.29, 1.82) is 0 Å². The highest BCUT2D eigenvalue weighted by Gasteiger charge is 2.18. The Hall–Kier alpha value is -3.30. The van der Waals surface area contributed by atoms with Crippen molar-refractivity contribution in [3.05, 3.63) is 64.3 Å². The second kappa shape index (κ2) is 8.21. The van der Waals surface area contributed by atoms with Gasteiger partial charge in [-0.25, -0.2) is 4.68 Å². The van der Waals surface area contributed by atoms with Gasteiger partial charge in [0.1, 0.15) is 5.75 Å². The molecule has 1 N–H and O–H groups in total. The summed E-state index contributed by atoms with van der Waals surface area (Å²) in [4.78, 5) is 16.8. The first-order valence-corrected chi connectivity index (χ1v) is 10.1. The summed E-state index contributed by atoms with van der Waals surface area (Å²) < 4.78 is 11.1. The summed E-state index contributed by atoms with van der Waals surface area (Å²) in [5.41, 5.74) is 3.57. The highest BCUT2D eigenvalue weighted by Crippen LogP contribution is 2.26. The van der Waals surface area contributed by atoms with Crippen LogP contribution in [0, 0.1) is 13.8 Å². The Labute approximate surface area is 181 Å². The largest absolute Gasteiger partial charge is 0.497 e. The van der Waals surface area contributed by atoms with Gasteiger partial charge in [0.05, 0.1) is 18.5 Å². The number of benzene rings is 2. The average Bonchev–Trinajstić information content (AvgIpc) is 3.36. The summed E-state index contributed by atoms with van der Waals surface area (Å²) in [5.74, 6) is 0.792. The highest BCUT2D eigenvalue weighted by atomic mass is 35.5. The van der Waals surface area contributed by atoms with E-state index in [0.29, 0.717) is 33.0 Å². The molecule has 1 amide bonds. The maximum Gasteiger partial charge on any atom is 0.257 e. The predicted octanol–water partition coefficient (Wildman–Crippen LogP) is 4.32. The Morgan fingerprint density at radius 1 is 1.17 bits per heavy atom. The van der Waals surface area contributed by atoms with Gasteiger partial charge in [-0.15, -0.1) is 5.10 Å². The summed E-state index contributed by atoms with van der Waals surface area (Å²) in [5, 5.41) is 12.2. The maximum atomic E-state index is 12.4. The molecule has 0 fully saturated rings. The van der Waals surface area contributed by atoms with Gasteiger partial charge in [0, 0.05) is 22.1 Å². The molecule has 4 aromatic rings. The van der Waals surface area contributed by atoms with Gasteiger partial charge >= 0.3 is 0 Å². The monoisotopic (exact) mass is 440 g/mol. The Bertz CT molecular complexity index is 1220. The van der Waals surface area contributed by atoms with E-state index in [1.165, 1.54) is 0 Å². The van der Waals surface area contributed by atoms with Crippen molar-refractivity contribution < 1.29 is 9.53 Å². The molecule has 0 radical (unpaired) electrons. The zero-order chi connectivity index (χ0) is 21.3. The van der Waals surface area contributed by atoms with Crippen LogP contribution in [0.5, 0.6) is 5.75 Å². The summed E-state index contributed by atoms with van der Waals surface area (Å²) in [6, 6.07) is 12.5. The minimum absolute atomic E-state index is 0.282. The molecule has 0 bridgehead atoms. The van der Waals surface area contributed by atoms with E-state index in [2.05, 4.69) is 25.0 Å². The van der Waals surface area contributed by atoms with Gasteiger partial charge in [0.2, 0.25) is 5.13 Å². The third-order valence-corrected chi connectivity index (χ3v) is 5.54. The molecule has 0 unspecified atom stereocenters. The fourth-order valence-corrected chi connectivity index (χ4v) is 3.52. The maximum absolute atomic E-state index is 12.4. The summed E-state index contributed by atoms with van der Waals surface area (Å²) >= 11 is 7.30. The van der Waals surface area contributed by atoms with E-state index in [1.54, 1.807) is 36.1 Å². The number of anilines is 1. The third-order valence-electron chi connectivity index (χ3n) is 4.51. The van der Waals surface area contributed by atoms with Gasteiger partial charge < -0.3 is 4.74 Å².